The van der Waals surface area contributed by atoms with E-state index in [9.17, 15) is 0 Å². The summed E-state index contributed by atoms with van der Waals surface area (Å²) < 4.78 is 1.90. The Hall–Kier alpha value is -0.940. The van der Waals surface area contributed by atoms with Crippen molar-refractivity contribution < 1.29 is 0 Å². The van der Waals surface area contributed by atoms with Gasteiger partial charge in [0.25, 0.3) is 0 Å². The number of nitrogens with one attached hydrogen (secondary N) is 1. The van der Waals surface area contributed by atoms with E-state index in [0.717, 1.165) is 25.2 Å². The van der Waals surface area contributed by atoms with Crippen LogP contribution in [0.15, 0.2) is 6.20 Å². The number of rotatable bonds is 2. The SMILES string of the molecule is NCc1cn(C2CCNC2)nn1. The Balaban J connectivity index is 2.11. The Morgan fingerprint density at radius 3 is 3.25 bits per heavy atom. The molecule has 1 saturated heterocycles. The van der Waals surface area contributed by atoms with Crippen LogP contribution in [0.5, 0.6) is 0 Å². The summed E-state index contributed by atoms with van der Waals surface area (Å²) in [7, 11) is 0. The Kier molecular flexibility index (Phi) is 2.05. The summed E-state index contributed by atoms with van der Waals surface area (Å²) in [5, 5.41) is 11.2. The zero-order valence-electron chi connectivity index (χ0n) is 6.90. The minimum Gasteiger partial charge on any atom is -0.325 e. The van der Waals surface area contributed by atoms with E-state index in [1.165, 1.54) is 0 Å². The van der Waals surface area contributed by atoms with Gasteiger partial charge in [0.2, 0.25) is 0 Å². The van der Waals surface area contributed by atoms with Crippen molar-refractivity contribution in [1.82, 2.24) is 20.3 Å². The van der Waals surface area contributed by atoms with Crippen LogP contribution in [-0.4, -0.2) is 28.1 Å². The van der Waals surface area contributed by atoms with Crippen molar-refractivity contribution in [2.24, 2.45) is 5.73 Å². The summed E-state index contributed by atoms with van der Waals surface area (Å²) in [6.07, 6.45) is 3.06. The monoisotopic (exact) mass is 167 g/mol. The Morgan fingerprint density at radius 2 is 2.67 bits per heavy atom. The highest BCUT2D eigenvalue weighted by Crippen LogP contribution is 2.12. The van der Waals surface area contributed by atoms with Crippen LogP contribution in [0.4, 0.5) is 0 Å². The van der Waals surface area contributed by atoms with E-state index in [0.29, 0.717) is 12.6 Å². The Labute approximate surface area is 70.9 Å². The molecule has 0 aromatic carbocycles. The Morgan fingerprint density at radius 1 is 1.75 bits per heavy atom. The third-order valence-corrected chi connectivity index (χ3v) is 2.18. The van der Waals surface area contributed by atoms with Gasteiger partial charge in [-0.05, 0) is 13.0 Å². The van der Waals surface area contributed by atoms with E-state index in [2.05, 4.69) is 15.6 Å². The van der Waals surface area contributed by atoms with E-state index in [1.807, 2.05) is 10.9 Å². The number of aromatic nitrogens is 3. The van der Waals surface area contributed by atoms with Crippen LogP contribution in [0.1, 0.15) is 18.2 Å². The second-order valence-electron chi connectivity index (χ2n) is 3.04. The average Bonchev–Trinajstić information content (AvgIpc) is 2.75. The summed E-state index contributed by atoms with van der Waals surface area (Å²) >= 11 is 0. The molecule has 3 N–H and O–H groups in total. The first kappa shape index (κ1) is 7.70. The highest BCUT2D eigenvalue weighted by Gasteiger charge is 2.17. The fourth-order valence-electron chi connectivity index (χ4n) is 1.45. The van der Waals surface area contributed by atoms with Crippen LogP contribution in [0.3, 0.4) is 0 Å². The van der Waals surface area contributed by atoms with Crippen molar-refractivity contribution in [2.75, 3.05) is 13.1 Å². The fourth-order valence-corrected chi connectivity index (χ4v) is 1.45. The number of nitrogens with two attached hydrogens (primary N) is 1. The second-order valence-corrected chi connectivity index (χ2v) is 3.04. The minimum atomic E-state index is 0.470. The maximum Gasteiger partial charge on any atom is 0.0962 e. The lowest BCUT2D eigenvalue weighted by molar-refractivity contribution is 0.476. The van der Waals surface area contributed by atoms with Crippen molar-refractivity contribution in [2.45, 2.75) is 19.0 Å². The van der Waals surface area contributed by atoms with Crippen molar-refractivity contribution in [1.29, 1.82) is 0 Å². The van der Waals surface area contributed by atoms with Crippen molar-refractivity contribution in [3.05, 3.63) is 11.9 Å². The topological polar surface area (TPSA) is 68.8 Å². The molecule has 5 heteroatoms. The third kappa shape index (κ3) is 1.33. The van der Waals surface area contributed by atoms with Crippen LogP contribution in [-0.2, 0) is 6.54 Å². The van der Waals surface area contributed by atoms with Gasteiger partial charge in [-0.25, -0.2) is 4.68 Å². The quantitative estimate of drug-likeness (QED) is 0.609. The molecule has 0 saturated carbocycles. The van der Waals surface area contributed by atoms with Gasteiger partial charge in [0.1, 0.15) is 0 Å². The molecule has 5 nitrogen and oxygen atoms in total. The van der Waals surface area contributed by atoms with Crippen LogP contribution >= 0.6 is 0 Å². The molecule has 1 unspecified atom stereocenters. The Bertz CT molecular complexity index is 250. The highest BCUT2D eigenvalue weighted by atomic mass is 15.4. The normalized spacial score (nSPS) is 23.2. The van der Waals surface area contributed by atoms with Gasteiger partial charge in [0, 0.05) is 13.1 Å². The summed E-state index contributed by atoms with van der Waals surface area (Å²) in [6, 6.07) is 0.470. The molecule has 2 rings (SSSR count). The van der Waals surface area contributed by atoms with Crippen molar-refractivity contribution in [3.63, 3.8) is 0 Å². The summed E-state index contributed by atoms with van der Waals surface area (Å²) in [5.41, 5.74) is 6.29. The molecule has 0 spiro atoms. The summed E-state index contributed by atoms with van der Waals surface area (Å²) in [4.78, 5) is 0. The van der Waals surface area contributed by atoms with E-state index >= 15 is 0 Å². The molecule has 1 aliphatic rings. The maximum atomic E-state index is 5.43. The van der Waals surface area contributed by atoms with Crippen LogP contribution in [0.25, 0.3) is 0 Å². The van der Waals surface area contributed by atoms with Gasteiger partial charge >= 0.3 is 0 Å². The molecule has 0 amide bonds. The zero-order chi connectivity index (χ0) is 8.39. The fraction of sp³-hybridized carbons (Fsp3) is 0.714. The van der Waals surface area contributed by atoms with Crippen molar-refractivity contribution in [3.8, 4) is 0 Å². The molecular weight excluding hydrogens is 154 g/mol. The molecule has 66 valence electrons. The van der Waals surface area contributed by atoms with Gasteiger partial charge in [-0.2, -0.15) is 0 Å². The highest BCUT2D eigenvalue weighted by molar-refractivity contribution is 4.93. The molecule has 0 bridgehead atoms. The summed E-state index contributed by atoms with van der Waals surface area (Å²) in [6.45, 7) is 2.54. The standard InChI is InChI=1S/C7H13N5/c8-3-6-5-12(11-10-6)7-1-2-9-4-7/h5,7,9H,1-4,8H2. The van der Waals surface area contributed by atoms with E-state index in [4.69, 9.17) is 5.73 Å². The maximum absolute atomic E-state index is 5.43. The lowest BCUT2D eigenvalue weighted by Crippen LogP contribution is -2.13. The molecule has 1 aliphatic heterocycles. The van der Waals surface area contributed by atoms with E-state index in [-0.39, 0.29) is 0 Å². The predicted octanol–water partition coefficient (Wildman–Crippen LogP) is -0.729. The van der Waals surface area contributed by atoms with Gasteiger partial charge in [-0.15, -0.1) is 5.10 Å². The molecule has 0 radical (unpaired) electrons. The van der Waals surface area contributed by atoms with Crippen LogP contribution in [0, 0.1) is 0 Å². The lowest BCUT2D eigenvalue weighted by atomic mass is 10.3. The van der Waals surface area contributed by atoms with Crippen LogP contribution in [0.2, 0.25) is 0 Å². The molecule has 1 atom stereocenters. The van der Waals surface area contributed by atoms with Gasteiger partial charge in [-0.3, -0.25) is 0 Å². The number of nitrogens with zero attached hydrogens (tertiary/aromatic N) is 3. The molecule has 0 aliphatic carbocycles. The average molecular weight is 167 g/mol. The van der Waals surface area contributed by atoms with E-state index < -0.39 is 0 Å². The van der Waals surface area contributed by atoms with Gasteiger partial charge < -0.3 is 11.1 Å². The number of hydrogen-bond donors (Lipinski definition) is 2. The summed E-state index contributed by atoms with van der Waals surface area (Å²) in [5.74, 6) is 0. The first-order valence-corrected chi connectivity index (χ1v) is 4.21. The van der Waals surface area contributed by atoms with E-state index in [1.54, 1.807) is 0 Å². The third-order valence-electron chi connectivity index (χ3n) is 2.18. The second kappa shape index (κ2) is 3.20. The molecular formula is C7H13N5. The largest absolute Gasteiger partial charge is 0.325 e. The lowest BCUT2D eigenvalue weighted by Gasteiger charge is -2.05. The molecule has 1 fully saturated rings. The molecule has 1 aromatic heterocycles. The minimum absolute atomic E-state index is 0.470. The first-order valence-electron chi connectivity index (χ1n) is 4.21. The smallest absolute Gasteiger partial charge is 0.0962 e. The van der Waals surface area contributed by atoms with Gasteiger partial charge in [-0.1, -0.05) is 5.21 Å². The number of hydrogen-bond acceptors (Lipinski definition) is 4. The van der Waals surface area contributed by atoms with Crippen LogP contribution < -0.4 is 11.1 Å². The van der Waals surface area contributed by atoms with Gasteiger partial charge in [0.15, 0.2) is 0 Å². The molecule has 12 heavy (non-hydrogen) atoms. The molecule has 2 heterocycles. The van der Waals surface area contributed by atoms with Crippen molar-refractivity contribution >= 4 is 0 Å². The zero-order valence-corrected chi connectivity index (χ0v) is 6.90. The van der Waals surface area contributed by atoms with Gasteiger partial charge in [0.05, 0.1) is 17.9 Å². The molecule has 1 aromatic rings. The predicted molar refractivity (Wildman–Crippen MR) is 44.4 cm³/mol. The first-order chi connectivity index (χ1) is 5.90.